The minimum atomic E-state index is -1.13. The maximum atomic E-state index is 11.8. The van der Waals surface area contributed by atoms with Gasteiger partial charge in [-0.25, -0.2) is 0 Å². The van der Waals surface area contributed by atoms with Crippen LogP contribution >= 0.6 is 0 Å². The number of ether oxygens (including phenoxy) is 2. The lowest BCUT2D eigenvalue weighted by molar-refractivity contribution is -0.140. The van der Waals surface area contributed by atoms with Crippen molar-refractivity contribution in [1.82, 2.24) is 0 Å². The van der Waals surface area contributed by atoms with Gasteiger partial charge in [0.25, 0.3) is 0 Å². The van der Waals surface area contributed by atoms with E-state index in [2.05, 4.69) is 6.58 Å². The quantitative estimate of drug-likeness (QED) is 0.615. The van der Waals surface area contributed by atoms with Crippen molar-refractivity contribution in [2.45, 2.75) is 19.4 Å². The van der Waals surface area contributed by atoms with Gasteiger partial charge in [-0.05, 0) is 32.1 Å². The molecule has 1 heterocycles. The van der Waals surface area contributed by atoms with Gasteiger partial charge in [-0.3, -0.25) is 9.59 Å². The van der Waals surface area contributed by atoms with E-state index >= 15 is 0 Å². The number of carbonyl (C=O) groups is 2. The van der Waals surface area contributed by atoms with Gasteiger partial charge in [0.05, 0.1) is 0 Å². The van der Waals surface area contributed by atoms with E-state index in [1.54, 1.807) is 18.2 Å². The maximum absolute atomic E-state index is 11.8. The van der Waals surface area contributed by atoms with Crippen LogP contribution in [0.25, 0.3) is 0 Å². The van der Waals surface area contributed by atoms with Crippen molar-refractivity contribution < 1.29 is 19.1 Å². The van der Waals surface area contributed by atoms with E-state index in [4.69, 9.17) is 9.47 Å². The molecule has 0 radical (unpaired) electrons. The first-order valence-electron chi connectivity index (χ1n) is 6.05. The molecule has 100 valence electrons. The number of fused-ring (bicyclic) bond motifs is 1. The predicted octanol–water partition coefficient (Wildman–Crippen LogP) is 2.18. The molecule has 4 nitrogen and oxygen atoms in total. The first-order valence-corrected chi connectivity index (χ1v) is 6.05. The highest BCUT2D eigenvalue weighted by Crippen LogP contribution is 2.39. The number of benzene rings is 1. The Hall–Kier alpha value is -2.10. The van der Waals surface area contributed by atoms with Gasteiger partial charge in [0.1, 0.15) is 24.1 Å². The number of para-hydroxylation sites is 2. The molecule has 1 aliphatic heterocycles. The zero-order chi connectivity index (χ0) is 14.0. The molecule has 1 aliphatic rings. The minimum absolute atomic E-state index is 0.0946. The van der Waals surface area contributed by atoms with Crippen LogP contribution in [0, 0.1) is 5.92 Å². The van der Waals surface area contributed by atoms with Crippen LogP contribution in [0.15, 0.2) is 36.9 Å². The van der Waals surface area contributed by atoms with Gasteiger partial charge in [-0.2, -0.15) is 0 Å². The number of ketones is 2. The predicted molar refractivity (Wildman–Crippen MR) is 70.3 cm³/mol. The molecule has 1 aromatic rings. The van der Waals surface area contributed by atoms with Gasteiger partial charge in [-0.15, -0.1) is 0 Å². The largest absolute Gasteiger partial charge is 0.485 e. The average molecular weight is 260 g/mol. The van der Waals surface area contributed by atoms with Crippen LogP contribution in [0.5, 0.6) is 11.5 Å². The zero-order valence-corrected chi connectivity index (χ0v) is 11.0. The number of rotatable bonds is 4. The zero-order valence-electron chi connectivity index (χ0n) is 11.0. The second kappa shape index (κ2) is 4.88. The number of hydrogen-bond donors (Lipinski definition) is 0. The summed E-state index contributed by atoms with van der Waals surface area (Å²) in [6.45, 7) is 6.55. The average Bonchev–Trinajstić information content (AvgIpc) is 2.37. The third kappa shape index (κ3) is 2.26. The van der Waals surface area contributed by atoms with E-state index in [0.29, 0.717) is 11.5 Å². The lowest BCUT2D eigenvalue weighted by atomic mass is 9.81. The van der Waals surface area contributed by atoms with Crippen LogP contribution in [0.2, 0.25) is 0 Å². The smallest absolute Gasteiger partial charge is 0.177 e. The maximum Gasteiger partial charge on any atom is 0.177 e. The molecular weight excluding hydrogens is 244 g/mol. The van der Waals surface area contributed by atoms with Crippen molar-refractivity contribution in [3.8, 4) is 11.5 Å². The Balaban J connectivity index is 2.43. The summed E-state index contributed by atoms with van der Waals surface area (Å²) in [5.41, 5.74) is -1.13. The van der Waals surface area contributed by atoms with E-state index in [0.717, 1.165) is 0 Å². The SMILES string of the molecule is C=CC1(C(C(C)=O)C(C)=O)COc2ccccc2O1. The van der Waals surface area contributed by atoms with Crippen LogP contribution in [-0.4, -0.2) is 23.8 Å². The van der Waals surface area contributed by atoms with Gasteiger partial charge < -0.3 is 9.47 Å². The summed E-state index contributed by atoms with van der Waals surface area (Å²) in [5.74, 6) is -0.295. The fourth-order valence-electron chi connectivity index (χ4n) is 2.41. The molecule has 0 amide bonds. The highest BCUT2D eigenvalue weighted by molar-refractivity contribution is 6.02. The van der Waals surface area contributed by atoms with Crippen molar-refractivity contribution in [1.29, 1.82) is 0 Å². The Labute approximate surface area is 112 Å². The van der Waals surface area contributed by atoms with E-state index in [9.17, 15) is 9.59 Å². The molecule has 0 N–H and O–H groups in total. The van der Waals surface area contributed by atoms with Crippen LogP contribution in [0.4, 0.5) is 0 Å². The van der Waals surface area contributed by atoms with Gasteiger partial charge in [0.15, 0.2) is 17.1 Å². The highest BCUT2D eigenvalue weighted by atomic mass is 16.6. The number of hydrogen-bond acceptors (Lipinski definition) is 4. The molecule has 4 heteroatoms. The monoisotopic (exact) mass is 260 g/mol. The molecule has 1 unspecified atom stereocenters. The Morgan fingerprint density at radius 2 is 1.84 bits per heavy atom. The molecule has 0 saturated heterocycles. The molecule has 1 aromatic carbocycles. The van der Waals surface area contributed by atoms with Crippen LogP contribution < -0.4 is 9.47 Å². The molecule has 0 saturated carbocycles. The van der Waals surface area contributed by atoms with E-state index in [-0.39, 0.29) is 18.2 Å². The molecule has 0 aromatic heterocycles. The standard InChI is InChI=1S/C15H16O4/c1-4-15(14(10(2)16)11(3)17)9-18-12-7-5-6-8-13(12)19-15/h4-8,14H,1,9H2,2-3H3. The summed E-state index contributed by atoms with van der Waals surface area (Å²) >= 11 is 0. The topological polar surface area (TPSA) is 52.6 Å². The third-order valence-corrected chi connectivity index (χ3v) is 3.25. The Kier molecular flexibility index (Phi) is 3.42. The molecule has 0 fully saturated rings. The summed E-state index contributed by atoms with van der Waals surface area (Å²) < 4.78 is 11.5. The summed E-state index contributed by atoms with van der Waals surface area (Å²) in [5, 5.41) is 0. The van der Waals surface area contributed by atoms with Crippen LogP contribution in [-0.2, 0) is 9.59 Å². The Morgan fingerprint density at radius 3 is 2.37 bits per heavy atom. The Bertz CT molecular complexity index is 521. The van der Waals surface area contributed by atoms with Crippen molar-refractivity contribution in [2.75, 3.05) is 6.61 Å². The van der Waals surface area contributed by atoms with Crippen LogP contribution in [0.3, 0.4) is 0 Å². The van der Waals surface area contributed by atoms with E-state index in [1.165, 1.54) is 19.9 Å². The molecule has 2 rings (SSSR count). The number of Topliss-reactive ketones (excluding diaryl/α,β-unsaturated/α-hetero) is 2. The highest BCUT2D eigenvalue weighted by Gasteiger charge is 2.47. The van der Waals surface area contributed by atoms with Crippen molar-refractivity contribution in [3.63, 3.8) is 0 Å². The second-order valence-electron chi connectivity index (χ2n) is 4.65. The molecule has 19 heavy (non-hydrogen) atoms. The molecule has 0 bridgehead atoms. The molecule has 1 atom stereocenters. The van der Waals surface area contributed by atoms with Gasteiger partial charge in [0, 0.05) is 0 Å². The molecule has 0 aliphatic carbocycles. The summed E-state index contributed by atoms with van der Waals surface area (Å²) in [6.07, 6.45) is 1.48. The Morgan fingerprint density at radius 1 is 1.26 bits per heavy atom. The lowest BCUT2D eigenvalue weighted by Crippen LogP contribution is -2.54. The van der Waals surface area contributed by atoms with Gasteiger partial charge in [0.2, 0.25) is 0 Å². The second-order valence-corrected chi connectivity index (χ2v) is 4.65. The lowest BCUT2D eigenvalue weighted by Gasteiger charge is -2.39. The van der Waals surface area contributed by atoms with Gasteiger partial charge >= 0.3 is 0 Å². The minimum Gasteiger partial charge on any atom is -0.485 e. The summed E-state index contributed by atoms with van der Waals surface area (Å²) in [6, 6.07) is 7.15. The van der Waals surface area contributed by atoms with Gasteiger partial charge in [-0.1, -0.05) is 18.7 Å². The third-order valence-electron chi connectivity index (χ3n) is 3.25. The fraction of sp³-hybridized carbons (Fsp3) is 0.333. The first-order chi connectivity index (χ1) is 9.00. The molecular formula is C15H16O4. The first kappa shape index (κ1) is 13.3. The van der Waals surface area contributed by atoms with Crippen molar-refractivity contribution in [2.24, 2.45) is 5.92 Å². The van der Waals surface area contributed by atoms with Crippen LogP contribution in [0.1, 0.15) is 13.8 Å². The van der Waals surface area contributed by atoms with Crippen molar-refractivity contribution >= 4 is 11.6 Å². The fourth-order valence-corrected chi connectivity index (χ4v) is 2.41. The van der Waals surface area contributed by atoms with E-state index in [1.807, 2.05) is 6.07 Å². The normalized spacial score (nSPS) is 21.0. The summed E-state index contributed by atoms with van der Waals surface area (Å²) in [7, 11) is 0. The summed E-state index contributed by atoms with van der Waals surface area (Å²) in [4.78, 5) is 23.5. The molecule has 0 spiro atoms. The van der Waals surface area contributed by atoms with E-state index < -0.39 is 11.5 Å². The van der Waals surface area contributed by atoms with Crippen molar-refractivity contribution in [3.05, 3.63) is 36.9 Å². The number of carbonyl (C=O) groups excluding carboxylic acids is 2.